The molecular formula is C22H30N4O. The van der Waals surface area contributed by atoms with Crippen LogP contribution < -0.4 is 0 Å². The van der Waals surface area contributed by atoms with Crippen molar-refractivity contribution in [2.45, 2.75) is 32.1 Å². The van der Waals surface area contributed by atoms with E-state index in [1.165, 1.54) is 18.5 Å². The van der Waals surface area contributed by atoms with Gasteiger partial charge in [0.25, 0.3) is 5.91 Å². The largest absolute Gasteiger partial charge is 0.339 e. The summed E-state index contributed by atoms with van der Waals surface area (Å²) in [7, 11) is 1.85. The lowest BCUT2D eigenvalue weighted by Gasteiger charge is -2.50. The highest BCUT2D eigenvalue weighted by Gasteiger charge is 2.42. The van der Waals surface area contributed by atoms with Crippen molar-refractivity contribution in [3.63, 3.8) is 0 Å². The van der Waals surface area contributed by atoms with Gasteiger partial charge in [-0.2, -0.15) is 5.10 Å². The third-order valence-electron chi connectivity index (χ3n) is 6.50. The maximum atomic E-state index is 12.8. The predicted molar refractivity (Wildman–Crippen MR) is 107 cm³/mol. The summed E-state index contributed by atoms with van der Waals surface area (Å²) < 4.78 is 1.70. The first-order valence-electron chi connectivity index (χ1n) is 10.1. The number of aryl methyl sites for hydroxylation is 1. The molecule has 5 nitrogen and oxygen atoms in total. The molecule has 5 heteroatoms. The van der Waals surface area contributed by atoms with Gasteiger partial charge < -0.3 is 9.80 Å². The number of piperidine rings is 2. The molecule has 1 unspecified atom stereocenters. The lowest BCUT2D eigenvalue weighted by Crippen LogP contribution is -2.52. The van der Waals surface area contributed by atoms with Crippen molar-refractivity contribution in [1.29, 1.82) is 0 Å². The molecule has 0 N–H and O–H groups in total. The number of hydrogen-bond acceptors (Lipinski definition) is 3. The van der Waals surface area contributed by atoms with Crippen molar-refractivity contribution in [1.82, 2.24) is 19.6 Å². The molecule has 1 aromatic heterocycles. The molecule has 27 heavy (non-hydrogen) atoms. The third-order valence-corrected chi connectivity index (χ3v) is 6.50. The number of aromatic nitrogens is 2. The fraction of sp³-hybridized carbons (Fsp3) is 0.545. The lowest BCUT2D eigenvalue weighted by molar-refractivity contribution is 0.0158. The number of likely N-dealkylation sites (N-methyl/N-ethyl adjacent to an activating group) is 1. The molecule has 0 saturated carbocycles. The first-order valence-corrected chi connectivity index (χ1v) is 10.1. The number of likely N-dealkylation sites (tertiary alicyclic amines) is 2. The van der Waals surface area contributed by atoms with Crippen LogP contribution in [0.1, 0.15) is 48.0 Å². The van der Waals surface area contributed by atoms with Crippen LogP contribution in [0.25, 0.3) is 0 Å². The van der Waals surface area contributed by atoms with Crippen LogP contribution >= 0.6 is 0 Å². The standard InChI is InChI=1S/C22H30N4O/c1-3-25-16-19(18-7-5-4-6-8-18)13-22(17-25)9-11-26(12-10-22)21(27)20-14-23-24(2)15-20/h4-8,14-15,19H,3,9-13,16-17H2,1-2H3. The number of amides is 1. The second-order valence-electron chi connectivity index (χ2n) is 8.33. The van der Waals surface area contributed by atoms with E-state index in [0.717, 1.165) is 39.0 Å². The van der Waals surface area contributed by atoms with Crippen molar-refractivity contribution >= 4 is 5.91 Å². The van der Waals surface area contributed by atoms with Gasteiger partial charge in [-0.3, -0.25) is 9.48 Å². The Balaban J connectivity index is 1.46. The zero-order valence-corrected chi connectivity index (χ0v) is 16.5. The van der Waals surface area contributed by atoms with Crippen LogP contribution in [0.15, 0.2) is 42.7 Å². The third kappa shape index (κ3) is 3.79. The number of hydrogen-bond donors (Lipinski definition) is 0. The van der Waals surface area contributed by atoms with E-state index >= 15 is 0 Å². The maximum Gasteiger partial charge on any atom is 0.257 e. The zero-order chi connectivity index (χ0) is 18.9. The molecule has 0 radical (unpaired) electrons. The molecule has 2 aliphatic rings. The van der Waals surface area contributed by atoms with Gasteiger partial charge in [0.1, 0.15) is 0 Å². The van der Waals surface area contributed by atoms with Crippen molar-refractivity contribution in [2.75, 3.05) is 32.7 Å². The summed E-state index contributed by atoms with van der Waals surface area (Å²) in [5.74, 6) is 0.723. The van der Waals surface area contributed by atoms with E-state index in [1.807, 2.05) is 18.1 Å². The normalized spacial score (nSPS) is 22.9. The SMILES string of the molecule is CCN1CC(c2ccccc2)CC2(CCN(C(=O)c3cnn(C)c3)CC2)C1. The summed E-state index contributed by atoms with van der Waals surface area (Å²) in [4.78, 5) is 17.4. The van der Waals surface area contributed by atoms with E-state index in [-0.39, 0.29) is 5.91 Å². The first kappa shape index (κ1) is 18.2. The quantitative estimate of drug-likeness (QED) is 0.838. The minimum absolute atomic E-state index is 0.126. The van der Waals surface area contributed by atoms with Gasteiger partial charge in [-0.25, -0.2) is 0 Å². The van der Waals surface area contributed by atoms with E-state index < -0.39 is 0 Å². The highest BCUT2D eigenvalue weighted by Crippen LogP contribution is 2.45. The van der Waals surface area contributed by atoms with Crippen LogP contribution in [0.4, 0.5) is 0 Å². The molecule has 2 saturated heterocycles. The molecule has 4 rings (SSSR count). The van der Waals surface area contributed by atoms with Gasteiger partial charge in [0.05, 0.1) is 11.8 Å². The molecule has 0 bridgehead atoms. The van der Waals surface area contributed by atoms with E-state index in [4.69, 9.17) is 0 Å². The summed E-state index contributed by atoms with van der Waals surface area (Å²) in [5.41, 5.74) is 2.50. The summed E-state index contributed by atoms with van der Waals surface area (Å²) in [6.45, 7) is 7.40. The number of nitrogens with zero attached hydrogens (tertiary/aromatic N) is 4. The van der Waals surface area contributed by atoms with E-state index in [1.54, 1.807) is 10.9 Å². The second kappa shape index (κ2) is 7.47. The average Bonchev–Trinajstić information content (AvgIpc) is 3.15. The van der Waals surface area contributed by atoms with E-state index in [9.17, 15) is 4.79 Å². The van der Waals surface area contributed by atoms with E-state index in [0.29, 0.717) is 16.9 Å². The average molecular weight is 367 g/mol. The summed E-state index contributed by atoms with van der Waals surface area (Å²) in [6.07, 6.45) is 6.93. The smallest absolute Gasteiger partial charge is 0.257 e. The van der Waals surface area contributed by atoms with Crippen LogP contribution in [-0.4, -0.2) is 58.2 Å². The Morgan fingerprint density at radius 2 is 1.96 bits per heavy atom. The fourth-order valence-corrected chi connectivity index (χ4v) is 4.95. The molecular weight excluding hydrogens is 336 g/mol. The van der Waals surface area contributed by atoms with Crippen LogP contribution in [0.5, 0.6) is 0 Å². The Hall–Kier alpha value is -2.14. The maximum absolute atomic E-state index is 12.8. The van der Waals surface area contributed by atoms with Gasteiger partial charge in [0.2, 0.25) is 0 Å². The van der Waals surface area contributed by atoms with Gasteiger partial charge >= 0.3 is 0 Å². The minimum Gasteiger partial charge on any atom is -0.339 e. The van der Waals surface area contributed by atoms with Crippen molar-refractivity contribution in [3.05, 3.63) is 53.9 Å². The van der Waals surface area contributed by atoms with Crippen LogP contribution in [0.3, 0.4) is 0 Å². The van der Waals surface area contributed by atoms with Crippen LogP contribution in [-0.2, 0) is 7.05 Å². The monoisotopic (exact) mass is 366 g/mol. The van der Waals surface area contributed by atoms with Gasteiger partial charge in [0.15, 0.2) is 0 Å². The van der Waals surface area contributed by atoms with Crippen molar-refractivity contribution in [2.24, 2.45) is 12.5 Å². The molecule has 2 aliphatic heterocycles. The number of benzene rings is 1. The van der Waals surface area contributed by atoms with Crippen molar-refractivity contribution < 1.29 is 4.79 Å². The number of rotatable bonds is 3. The molecule has 3 heterocycles. The highest BCUT2D eigenvalue weighted by atomic mass is 16.2. The topological polar surface area (TPSA) is 41.4 Å². The summed E-state index contributed by atoms with van der Waals surface area (Å²) in [5, 5.41) is 4.14. The molecule has 144 valence electrons. The fourth-order valence-electron chi connectivity index (χ4n) is 4.95. The van der Waals surface area contributed by atoms with Gasteiger partial charge in [-0.1, -0.05) is 37.3 Å². The molecule has 2 aromatic rings. The Labute approximate surface area is 162 Å². The van der Waals surface area contributed by atoms with Crippen LogP contribution in [0, 0.1) is 5.41 Å². The van der Waals surface area contributed by atoms with Gasteiger partial charge in [-0.05, 0) is 42.7 Å². The zero-order valence-electron chi connectivity index (χ0n) is 16.5. The predicted octanol–water partition coefficient (Wildman–Crippen LogP) is 3.15. The highest BCUT2D eigenvalue weighted by molar-refractivity contribution is 5.93. The number of carbonyl (C=O) groups excluding carboxylic acids is 1. The Kier molecular flexibility index (Phi) is 5.04. The van der Waals surface area contributed by atoms with Gasteiger partial charge in [-0.15, -0.1) is 0 Å². The Morgan fingerprint density at radius 1 is 1.22 bits per heavy atom. The second-order valence-corrected chi connectivity index (χ2v) is 8.33. The Morgan fingerprint density at radius 3 is 2.59 bits per heavy atom. The molecule has 1 spiro atoms. The Bertz CT molecular complexity index is 777. The molecule has 1 atom stereocenters. The van der Waals surface area contributed by atoms with Crippen LogP contribution in [0.2, 0.25) is 0 Å². The first-order chi connectivity index (χ1) is 13.1. The van der Waals surface area contributed by atoms with Crippen molar-refractivity contribution in [3.8, 4) is 0 Å². The number of carbonyl (C=O) groups is 1. The summed E-state index contributed by atoms with van der Waals surface area (Å²) in [6, 6.07) is 11.0. The molecule has 0 aliphatic carbocycles. The molecule has 1 aromatic carbocycles. The van der Waals surface area contributed by atoms with Gasteiger partial charge in [0, 0.05) is 39.4 Å². The molecule has 2 fully saturated rings. The summed E-state index contributed by atoms with van der Waals surface area (Å²) >= 11 is 0. The van der Waals surface area contributed by atoms with E-state index in [2.05, 4.69) is 47.3 Å². The molecule has 1 amide bonds. The lowest BCUT2D eigenvalue weighted by atomic mass is 9.68. The minimum atomic E-state index is 0.126.